The van der Waals surface area contributed by atoms with Crippen LogP contribution >= 0.6 is 11.3 Å². The molecule has 5 heteroatoms. The minimum absolute atomic E-state index is 0.0349. The second-order valence-corrected chi connectivity index (χ2v) is 6.56. The van der Waals surface area contributed by atoms with Gasteiger partial charge in [0.2, 0.25) is 5.43 Å². The number of aromatic nitrogens is 1. The Morgan fingerprint density at radius 1 is 1.09 bits per heavy atom. The van der Waals surface area contributed by atoms with Gasteiger partial charge in [-0.25, -0.2) is 4.98 Å². The molecule has 0 saturated carbocycles. The van der Waals surface area contributed by atoms with Crippen molar-refractivity contribution in [2.75, 3.05) is 23.7 Å². The Bertz CT molecular complexity index is 843. The van der Waals surface area contributed by atoms with Crippen molar-refractivity contribution in [2.24, 2.45) is 0 Å². The molecule has 2 N–H and O–H groups in total. The standard InChI is InChI=1S/C18H21N3OS/c1-3-9-19-13-11-14-18(16(17(13)22)20-10-4-2)23-15-8-6-5-7-12(15)21-14/h5-8,11,19-20H,3-4,9-10H2,1-2H3. The largest absolute Gasteiger partial charge is 0.382 e. The number of nitrogens with one attached hydrogen (secondary N) is 2. The first kappa shape index (κ1) is 15.7. The van der Waals surface area contributed by atoms with E-state index in [0.717, 1.165) is 46.7 Å². The molecule has 1 aliphatic heterocycles. The zero-order valence-corrected chi connectivity index (χ0v) is 14.3. The van der Waals surface area contributed by atoms with E-state index < -0.39 is 0 Å². The normalized spacial score (nSPS) is 11.0. The van der Waals surface area contributed by atoms with E-state index in [9.17, 15) is 4.79 Å². The predicted octanol–water partition coefficient (Wildman–Crippen LogP) is 4.41. The van der Waals surface area contributed by atoms with Gasteiger partial charge in [-0.2, -0.15) is 0 Å². The molecule has 1 aromatic carbocycles. The van der Waals surface area contributed by atoms with Crippen LogP contribution in [-0.2, 0) is 0 Å². The van der Waals surface area contributed by atoms with Gasteiger partial charge in [0, 0.05) is 13.1 Å². The highest BCUT2D eigenvalue weighted by atomic mass is 32.1. The summed E-state index contributed by atoms with van der Waals surface area (Å²) < 4.78 is 1.09. The minimum atomic E-state index is 0.0349. The van der Waals surface area contributed by atoms with Crippen molar-refractivity contribution in [1.29, 1.82) is 0 Å². The quantitative estimate of drug-likeness (QED) is 0.659. The van der Waals surface area contributed by atoms with Gasteiger partial charge in [0.05, 0.1) is 26.5 Å². The number of fused-ring (bicyclic) bond motifs is 2. The third-order valence-corrected chi connectivity index (χ3v) is 4.83. The lowest BCUT2D eigenvalue weighted by atomic mass is 10.1. The summed E-state index contributed by atoms with van der Waals surface area (Å²) in [5.41, 5.74) is 3.17. The molecular weight excluding hydrogens is 306 g/mol. The summed E-state index contributed by atoms with van der Waals surface area (Å²) in [6.45, 7) is 5.74. The predicted molar refractivity (Wildman–Crippen MR) is 100 cm³/mol. The summed E-state index contributed by atoms with van der Waals surface area (Å²) in [6, 6.07) is 9.93. The molecule has 2 aliphatic rings. The molecule has 0 aromatic heterocycles. The van der Waals surface area contributed by atoms with Crippen molar-refractivity contribution in [3.05, 3.63) is 40.6 Å². The molecule has 1 aliphatic carbocycles. The van der Waals surface area contributed by atoms with E-state index in [4.69, 9.17) is 4.98 Å². The van der Waals surface area contributed by atoms with Crippen LogP contribution in [0.25, 0.3) is 20.8 Å². The van der Waals surface area contributed by atoms with Crippen LogP contribution in [0.3, 0.4) is 0 Å². The van der Waals surface area contributed by atoms with Crippen LogP contribution in [0.4, 0.5) is 11.4 Å². The summed E-state index contributed by atoms with van der Waals surface area (Å²) in [7, 11) is 0. The molecule has 0 radical (unpaired) electrons. The zero-order chi connectivity index (χ0) is 16.2. The van der Waals surface area contributed by atoms with Gasteiger partial charge in [-0.05, 0) is 31.0 Å². The van der Waals surface area contributed by atoms with Crippen molar-refractivity contribution in [2.45, 2.75) is 26.7 Å². The molecule has 0 fully saturated rings. The summed E-state index contributed by atoms with van der Waals surface area (Å²) >= 11 is 1.62. The Morgan fingerprint density at radius 3 is 2.61 bits per heavy atom. The molecule has 0 unspecified atom stereocenters. The summed E-state index contributed by atoms with van der Waals surface area (Å²) in [5, 5.41) is 6.54. The molecule has 0 spiro atoms. The van der Waals surface area contributed by atoms with E-state index in [-0.39, 0.29) is 5.43 Å². The monoisotopic (exact) mass is 327 g/mol. The maximum absolute atomic E-state index is 12.8. The van der Waals surface area contributed by atoms with Crippen LogP contribution in [0.15, 0.2) is 35.1 Å². The molecular formula is C18H21N3OS. The molecule has 1 heterocycles. The molecule has 120 valence electrons. The lowest BCUT2D eigenvalue weighted by Gasteiger charge is -2.15. The first-order valence-corrected chi connectivity index (χ1v) is 8.90. The van der Waals surface area contributed by atoms with Gasteiger partial charge < -0.3 is 10.6 Å². The summed E-state index contributed by atoms with van der Waals surface area (Å²) in [5.74, 6) is 0. The molecule has 3 rings (SSSR count). The van der Waals surface area contributed by atoms with Crippen molar-refractivity contribution >= 4 is 32.9 Å². The van der Waals surface area contributed by atoms with Crippen LogP contribution in [-0.4, -0.2) is 18.1 Å². The second-order valence-electron chi connectivity index (χ2n) is 5.51. The molecule has 1 aromatic rings. The third kappa shape index (κ3) is 3.15. The van der Waals surface area contributed by atoms with Crippen molar-refractivity contribution in [1.82, 2.24) is 4.98 Å². The molecule has 0 bridgehead atoms. The van der Waals surface area contributed by atoms with E-state index in [2.05, 4.69) is 24.5 Å². The maximum Gasteiger partial charge on any atom is 0.226 e. The van der Waals surface area contributed by atoms with Gasteiger partial charge in [0.1, 0.15) is 5.69 Å². The van der Waals surface area contributed by atoms with Crippen molar-refractivity contribution < 1.29 is 0 Å². The van der Waals surface area contributed by atoms with Crippen LogP contribution in [0.5, 0.6) is 0 Å². The second kappa shape index (κ2) is 6.96. The van der Waals surface area contributed by atoms with Crippen LogP contribution in [0.2, 0.25) is 0 Å². The zero-order valence-electron chi connectivity index (χ0n) is 13.5. The fourth-order valence-electron chi connectivity index (χ4n) is 2.50. The number of rotatable bonds is 6. The summed E-state index contributed by atoms with van der Waals surface area (Å²) in [4.78, 5) is 18.5. The van der Waals surface area contributed by atoms with Gasteiger partial charge in [-0.15, -0.1) is 11.3 Å². The number of nitrogens with zero attached hydrogens (tertiary/aromatic N) is 1. The molecule has 4 nitrogen and oxygen atoms in total. The SMILES string of the molecule is CCCNc1cc2nc3ccccc3sc-2c(NCCC)c1=O. The average Bonchev–Trinajstić information content (AvgIpc) is 2.58. The Kier molecular flexibility index (Phi) is 4.76. The highest BCUT2D eigenvalue weighted by Gasteiger charge is 2.18. The van der Waals surface area contributed by atoms with Crippen LogP contribution in [0.1, 0.15) is 26.7 Å². The fourth-order valence-corrected chi connectivity index (χ4v) is 3.56. The van der Waals surface area contributed by atoms with E-state index in [0.29, 0.717) is 11.4 Å². The van der Waals surface area contributed by atoms with E-state index in [1.165, 1.54) is 0 Å². The third-order valence-electron chi connectivity index (χ3n) is 3.65. The Balaban J connectivity index is 2.23. The van der Waals surface area contributed by atoms with Crippen LogP contribution in [0, 0.1) is 0 Å². The number of anilines is 2. The molecule has 0 amide bonds. The first-order chi connectivity index (χ1) is 11.2. The van der Waals surface area contributed by atoms with E-state index in [1.54, 1.807) is 11.3 Å². The van der Waals surface area contributed by atoms with E-state index >= 15 is 0 Å². The van der Waals surface area contributed by atoms with Crippen LogP contribution < -0.4 is 16.1 Å². The van der Waals surface area contributed by atoms with Gasteiger partial charge in [-0.3, -0.25) is 4.79 Å². The Labute approximate surface area is 139 Å². The number of para-hydroxylation sites is 1. The Morgan fingerprint density at radius 2 is 1.83 bits per heavy atom. The van der Waals surface area contributed by atoms with Crippen molar-refractivity contribution in [3.8, 4) is 10.6 Å². The van der Waals surface area contributed by atoms with Gasteiger partial charge >= 0.3 is 0 Å². The van der Waals surface area contributed by atoms with Gasteiger partial charge in [0.25, 0.3) is 0 Å². The summed E-state index contributed by atoms with van der Waals surface area (Å²) in [6.07, 6.45) is 1.95. The molecule has 0 atom stereocenters. The minimum Gasteiger partial charge on any atom is -0.382 e. The smallest absolute Gasteiger partial charge is 0.226 e. The number of hydrogen-bond acceptors (Lipinski definition) is 5. The van der Waals surface area contributed by atoms with Gasteiger partial charge in [-0.1, -0.05) is 26.0 Å². The highest BCUT2D eigenvalue weighted by Crippen LogP contribution is 2.36. The highest BCUT2D eigenvalue weighted by molar-refractivity contribution is 7.22. The lowest BCUT2D eigenvalue weighted by molar-refractivity contribution is 0.970. The fraction of sp³-hybridized carbons (Fsp3) is 0.333. The van der Waals surface area contributed by atoms with E-state index in [1.807, 2.05) is 30.3 Å². The van der Waals surface area contributed by atoms with Crippen molar-refractivity contribution in [3.63, 3.8) is 0 Å². The molecule has 0 saturated heterocycles. The average molecular weight is 327 g/mol. The first-order valence-electron chi connectivity index (χ1n) is 8.09. The van der Waals surface area contributed by atoms with Gasteiger partial charge in [0.15, 0.2) is 0 Å². The molecule has 23 heavy (non-hydrogen) atoms. The Hall–Kier alpha value is -2.14. The number of benzene rings is 2. The maximum atomic E-state index is 12.8. The number of hydrogen-bond donors (Lipinski definition) is 2. The topological polar surface area (TPSA) is 54.0 Å². The lowest BCUT2D eigenvalue weighted by Crippen LogP contribution is -2.18.